The smallest absolute Gasteiger partial charge is 0.318 e. The number of halogens is 1. The van der Waals surface area contributed by atoms with Crippen molar-refractivity contribution in [2.45, 2.75) is 19.4 Å². The molecular formula is C13H13ClN2O2. The van der Waals surface area contributed by atoms with Crippen LogP contribution in [0.3, 0.4) is 0 Å². The summed E-state index contributed by atoms with van der Waals surface area (Å²) in [5, 5.41) is 2.58. The number of urea groups is 1. The average molecular weight is 265 g/mol. The SMILES string of the molecule is C=C(C)c1ccc(C2(C)NC(=O)N(Cl)C2=O)cc1. The molecular weight excluding hydrogens is 252 g/mol. The first-order valence-electron chi connectivity index (χ1n) is 5.45. The molecule has 1 aromatic carbocycles. The molecule has 1 heterocycles. The first-order chi connectivity index (χ1) is 8.36. The third-order valence-electron chi connectivity index (χ3n) is 3.10. The average Bonchev–Trinajstić information content (AvgIpc) is 2.54. The van der Waals surface area contributed by atoms with Crippen LogP contribution in [-0.2, 0) is 10.3 Å². The van der Waals surface area contributed by atoms with Crippen LogP contribution in [0.2, 0.25) is 0 Å². The van der Waals surface area contributed by atoms with E-state index in [1.165, 1.54) is 0 Å². The van der Waals surface area contributed by atoms with Gasteiger partial charge >= 0.3 is 6.03 Å². The summed E-state index contributed by atoms with van der Waals surface area (Å²) < 4.78 is 0.576. The second-order valence-electron chi connectivity index (χ2n) is 4.50. The molecule has 0 aromatic heterocycles. The van der Waals surface area contributed by atoms with Gasteiger partial charge in [0.15, 0.2) is 0 Å². The number of hydrogen-bond donors (Lipinski definition) is 1. The Kier molecular flexibility index (Phi) is 2.91. The van der Waals surface area contributed by atoms with Crippen molar-refractivity contribution in [2.75, 3.05) is 0 Å². The van der Waals surface area contributed by atoms with Crippen molar-refractivity contribution in [3.8, 4) is 0 Å². The van der Waals surface area contributed by atoms with E-state index in [1.54, 1.807) is 19.1 Å². The van der Waals surface area contributed by atoms with Crippen LogP contribution >= 0.6 is 11.8 Å². The molecule has 4 nitrogen and oxygen atoms in total. The fourth-order valence-electron chi connectivity index (χ4n) is 1.89. The maximum atomic E-state index is 11.9. The summed E-state index contributed by atoms with van der Waals surface area (Å²) in [7, 11) is 0. The van der Waals surface area contributed by atoms with Gasteiger partial charge in [-0.25, -0.2) is 4.79 Å². The van der Waals surface area contributed by atoms with Gasteiger partial charge in [-0.1, -0.05) is 36.4 Å². The predicted octanol–water partition coefficient (Wildman–Crippen LogP) is 2.64. The van der Waals surface area contributed by atoms with E-state index in [0.29, 0.717) is 9.98 Å². The van der Waals surface area contributed by atoms with Crippen molar-refractivity contribution in [3.63, 3.8) is 0 Å². The summed E-state index contributed by atoms with van der Waals surface area (Å²) in [6.45, 7) is 7.38. The standard InChI is InChI=1S/C13H13ClN2O2/c1-8(2)9-4-6-10(7-5-9)13(3)11(17)16(14)12(18)15-13/h4-7H,1H2,2-3H3,(H,15,18). The van der Waals surface area contributed by atoms with Crippen molar-refractivity contribution in [1.29, 1.82) is 0 Å². The Morgan fingerprint density at radius 1 is 1.33 bits per heavy atom. The first-order valence-corrected chi connectivity index (χ1v) is 5.79. The third-order valence-corrected chi connectivity index (χ3v) is 3.40. The molecule has 1 atom stereocenters. The van der Waals surface area contributed by atoms with Crippen LogP contribution in [0.15, 0.2) is 30.8 Å². The number of carbonyl (C=O) groups excluding carboxylic acids is 2. The molecule has 1 saturated heterocycles. The number of nitrogens with one attached hydrogen (secondary N) is 1. The van der Waals surface area contributed by atoms with E-state index in [2.05, 4.69) is 11.9 Å². The van der Waals surface area contributed by atoms with Crippen molar-refractivity contribution in [3.05, 3.63) is 42.0 Å². The molecule has 1 N–H and O–H groups in total. The van der Waals surface area contributed by atoms with E-state index in [0.717, 1.165) is 11.1 Å². The Balaban J connectivity index is 2.40. The van der Waals surface area contributed by atoms with Gasteiger partial charge in [-0.05, 0) is 25.0 Å². The first kappa shape index (κ1) is 12.6. The van der Waals surface area contributed by atoms with Crippen molar-refractivity contribution in [2.24, 2.45) is 0 Å². The fourth-order valence-corrected chi connectivity index (χ4v) is 2.10. The molecule has 1 aliphatic rings. The summed E-state index contributed by atoms with van der Waals surface area (Å²) in [5.74, 6) is -0.475. The minimum absolute atomic E-state index is 0.475. The highest BCUT2D eigenvalue weighted by Gasteiger charge is 2.48. The van der Waals surface area contributed by atoms with Crippen molar-refractivity contribution >= 4 is 29.3 Å². The molecule has 1 aliphatic heterocycles. The number of allylic oxidation sites excluding steroid dienone is 1. The lowest BCUT2D eigenvalue weighted by molar-refractivity contribution is -0.127. The lowest BCUT2D eigenvalue weighted by Crippen LogP contribution is -2.40. The Labute approximate surface area is 110 Å². The summed E-state index contributed by atoms with van der Waals surface area (Å²) >= 11 is 5.59. The molecule has 5 heteroatoms. The number of imide groups is 1. The van der Waals surface area contributed by atoms with Crippen LogP contribution in [0.4, 0.5) is 4.79 Å². The number of amides is 3. The maximum absolute atomic E-state index is 11.9. The summed E-state index contributed by atoms with van der Waals surface area (Å²) in [5.41, 5.74) is 1.51. The van der Waals surface area contributed by atoms with Crippen LogP contribution < -0.4 is 5.32 Å². The van der Waals surface area contributed by atoms with Gasteiger partial charge < -0.3 is 5.32 Å². The summed E-state index contributed by atoms with van der Waals surface area (Å²) in [6, 6.07) is 6.70. The summed E-state index contributed by atoms with van der Waals surface area (Å²) in [4.78, 5) is 23.3. The highest BCUT2D eigenvalue weighted by atomic mass is 35.5. The second-order valence-corrected chi connectivity index (χ2v) is 4.84. The number of carbonyl (C=O) groups is 2. The van der Waals surface area contributed by atoms with Crippen LogP contribution in [0.25, 0.3) is 5.57 Å². The van der Waals surface area contributed by atoms with Gasteiger partial charge in [-0.15, -0.1) is 0 Å². The van der Waals surface area contributed by atoms with E-state index in [-0.39, 0.29) is 0 Å². The largest absolute Gasteiger partial charge is 0.340 e. The minimum atomic E-state index is -1.10. The molecule has 0 saturated carbocycles. The number of nitrogens with zero attached hydrogens (tertiary/aromatic N) is 1. The fraction of sp³-hybridized carbons (Fsp3) is 0.231. The van der Waals surface area contributed by atoms with Crippen molar-refractivity contribution in [1.82, 2.24) is 9.74 Å². The predicted molar refractivity (Wildman–Crippen MR) is 69.7 cm³/mol. The highest BCUT2D eigenvalue weighted by molar-refractivity contribution is 6.33. The van der Waals surface area contributed by atoms with Crippen molar-refractivity contribution < 1.29 is 9.59 Å². The zero-order chi connectivity index (χ0) is 13.5. The van der Waals surface area contributed by atoms with Gasteiger partial charge in [0.05, 0.1) is 0 Å². The molecule has 0 aliphatic carbocycles. The van der Waals surface area contributed by atoms with E-state index < -0.39 is 17.5 Å². The lowest BCUT2D eigenvalue weighted by atomic mass is 9.91. The van der Waals surface area contributed by atoms with Gasteiger partial charge in [0.2, 0.25) is 0 Å². The Morgan fingerprint density at radius 2 is 1.89 bits per heavy atom. The van der Waals surface area contributed by atoms with E-state index in [9.17, 15) is 9.59 Å². The molecule has 1 unspecified atom stereocenters. The van der Waals surface area contributed by atoms with Gasteiger partial charge in [-0.2, -0.15) is 4.42 Å². The third kappa shape index (κ3) is 1.78. The normalized spacial score (nSPS) is 23.2. The molecule has 0 bridgehead atoms. The van der Waals surface area contributed by atoms with E-state index in [4.69, 9.17) is 11.8 Å². The van der Waals surface area contributed by atoms with E-state index in [1.807, 2.05) is 19.1 Å². The molecule has 94 valence electrons. The van der Waals surface area contributed by atoms with Gasteiger partial charge in [0.1, 0.15) is 5.54 Å². The Morgan fingerprint density at radius 3 is 2.28 bits per heavy atom. The Bertz CT molecular complexity index is 538. The molecule has 3 amide bonds. The van der Waals surface area contributed by atoms with Crippen LogP contribution in [0.5, 0.6) is 0 Å². The van der Waals surface area contributed by atoms with Crippen LogP contribution in [-0.4, -0.2) is 16.4 Å². The van der Waals surface area contributed by atoms with Gasteiger partial charge in [0, 0.05) is 11.8 Å². The van der Waals surface area contributed by atoms with Gasteiger partial charge in [0.25, 0.3) is 5.91 Å². The van der Waals surface area contributed by atoms with Crippen LogP contribution in [0.1, 0.15) is 25.0 Å². The van der Waals surface area contributed by atoms with E-state index >= 15 is 0 Å². The maximum Gasteiger partial charge on any atom is 0.340 e. The van der Waals surface area contributed by atoms with Crippen LogP contribution in [0, 0.1) is 0 Å². The topological polar surface area (TPSA) is 49.4 Å². The number of benzene rings is 1. The molecule has 0 radical (unpaired) electrons. The summed E-state index contributed by atoms with van der Waals surface area (Å²) in [6.07, 6.45) is 0. The monoisotopic (exact) mass is 264 g/mol. The molecule has 18 heavy (non-hydrogen) atoms. The number of rotatable bonds is 2. The Hall–Kier alpha value is -1.81. The lowest BCUT2D eigenvalue weighted by Gasteiger charge is -2.21. The zero-order valence-electron chi connectivity index (χ0n) is 10.2. The second kappa shape index (κ2) is 4.14. The molecule has 0 spiro atoms. The molecule has 2 rings (SSSR count). The minimum Gasteiger partial charge on any atom is -0.318 e. The quantitative estimate of drug-likeness (QED) is 0.659. The van der Waals surface area contributed by atoms with Gasteiger partial charge in [-0.3, -0.25) is 4.79 Å². The molecule has 1 fully saturated rings. The zero-order valence-corrected chi connectivity index (χ0v) is 10.9. The molecule has 1 aromatic rings. The number of hydrogen-bond acceptors (Lipinski definition) is 2. The highest BCUT2D eigenvalue weighted by Crippen LogP contribution is 2.30.